The Morgan fingerprint density at radius 1 is 1.45 bits per heavy atom. The zero-order valence-corrected chi connectivity index (χ0v) is 12.1. The van der Waals surface area contributed by atoms with Gasteiger partial charge in [0.25, 0.3) is 5.69 Å². The summed E-state index contributed by atoms with van der Waals surface area (Å²) >= 11 is 0. The minimum Gasteiger partial charge on any atom is -0.306 e. The van der Waals surface area contributed by atoms with Gasteiger partial charge in [-0.1, -0.05) is 32.4 Å². The van der Waals surface area contributed by atoms with Gasteiger partial charge in [-0.25, -0.2) is 0 Å². The van der Waals surface area contributed by atoms with Gasteiger partial charge in [0.05, 0.1) is 4.92 Å². The van der Waals surface area contributed by atoms with Crippen molar-refractivity contribution in [2.24, 2.45) is 0 Å². The van der Waals surface area contributed by atoms with E-state index in [1.165, 1.54) is 6.07 Å². The lowest BCUT2D eigenvalue weighted by atomic mass is 9.99. The first-order chi connectivity index (χ1) is 9.62. The van der Waals surface area contributed by atoms with Crippen LogP contribution < -0.4 is 5.32 Å². The summed E-state index contributed by atoms with van der Waals surface area (Å²) in [5.74, 6) is 2.68. The van der Waals surface area contributed by atoms with E-state index in [-0.39, 0.29) is 22.7 Å². The quantitative estimate of drug-likeness (QED) is 0.445. The molecule has 1 N–H and O–H groups in total. The first kappa shape index (κ1) is 16.2. The van der Waals surface area contributed by atoms with Crippen molar-refractivity contribution in [1.29, 1.82) is 0 Å². The Labute approximate surface area is 120 Å². The second-order valence-electron chi connectivity index (χ2n) is 4.87. The molecule has 108 valence electrons. The van der Waals surface area contributed by atoms with Crippen molar-refractivity contribution >= 4 is 5.69 Å². The summed E-state index contributed by atoms with van der Waals surface area (Å²) in [6.07, 6.45) is 8.93. The molecule has 20 heavy (non-hydrogen) atoms. The van der Waals surface area contributed by atoms with Crippen molar-refractivity contribution in [2.75, 3.05) is 0 Å². The zero-order valence-electron chi connectivity index (χ0n) is 12.1. The molecule has 2 unspecified atom stereocenters. The molecular formula is C16H22N2O2. The second kappa shape index (κ2) is 8.34. The topological polar surface area (TPSA) is 55.2 Å². The third-order valence-electron chi connectivity index (χ3n) is 3.35. The number of nitrogens with one attached hydrogen (secondary N) is 1. The predicted octanol–water partition coefficient (Wildman–Crippen LogP) is 3.83. The summed E-state index contributed by atoms with van der Waals surface area (Å²) in [5, 5.41) is 14.4. The molecule has 2 atom stereocenters. The average molecular weight is 274 g/mol. The summed E-state index contributed by atoms with van der Waals surface area (Å²) in [5.41, 5.74) is 1.09. The van der Waals surface area contributed by atoms with E-state index in [1.807, 2.05) is 6.07 Å². The molecule has 0 aromatic heterocycles. The van der Waals surface area contributed by atoms with E-state index < -0.39 is 0 Å². The standard InChI is InChI=1S/C16H22N2O2/c1-4-8-14(6-3)17-16(9-5-2)13-10-7-11-15(12-13)18(19)20/h1,7,10-12,14,16-17H,5-6,8-9H2,2-3H3. The molecule has 0 bridgehead atoms. The van der Waals surface area contributed by atoms with Crippen LogP contribution in [0.1, 0.15) is 51.1 Å². The zero-order chi connectivity index (χ0) is 15.0. The van der Waals surface area contributed by atoms with Crippen molar-refractivity contribution in [1.82, 2.24) is 5.32 Å². The van der Waals surface area contributed by atoms with Gasteiger partial charge >= 0.3 is 0 Å². The fourth-order valence-electron chi connectivity index (χ4n) is 2.24. The maximum atomic E-state index is 10.9. The molecule has 0 amide bonds. The Bertz CT molecular complexity index is 480. The first-order valence-electron chi connectivity index (χ1n) is 7.06. The molecule has 0 fully saturated rings. The van der Waals surface area contributed by atoms with Crippen LogP contribution in [0.15, 0.2) is 24.3 Å². The fraction of sp³-hybridized carbons (Fsp3) is 0.500. The molecule has 0 radical (unpaired) electrons. The van der Waals surface area contributed by atoms with Gasteiger partial charge in [0.2, 0.25) is 0 Å². The molecule has 0 spiro atoms. The van der Waals surface area contributed by atoms with E-state index in [0.717, 1.165) is 24.8 Å². The summed E-state index contributed by atoms with van der Waals surface area (Å²) in [6, 6.07) is 7.19. The SMILES string of the molecule is C#CCC(CC)NC(CCC)c1cccc([N+](=O)[O-])c1. The van der Waals surface area contributed by atoms with Gasteiger partial charge < -0.3 is 5.32 Å². The summed E-state index contributed by atoms with van der Waals surface area (Å²) in [4.78, 5) is 10.5. The minimum absolute atomic E-state index is 0.109. The summed E-state index contributed by atoms with van der Waals surface area (Å²) < 4.78 is 0. The van der Waals surface area contributed by atoms with Crippen LogP contribution in [0.25, 0.3) is 0 Å². The van der Waals surface area contributed by atoms with E-state index >= 15 is 0 Å². The molecule has 4 nitrogen and oxygen atoms in total. The molecule has 1 aromatic rings. The normalized spacial score (nSPS) is 13.4. The number of terminal acetylenes is 1. The van der Waals surface area contributed by atoms with Gasteiger partial charge in [0, 0.05) is 30.6 Å². The molecule has 4 heteroatoms. The lowest BCUT2D eigenvalue weighted by Crippen LogP contribution is -2.32. The van der Waals surface area contributed by atoms with Crippen molar-refractivity contribution in [3.63, 3.8) is 0 Å². The Morgan fingerprint density at radius 3 is 2.75 bits per heavy atom. The monoisotopic (exact) mass is 274 g/mol. The van der Waals surface area contributed by atoms with Gasteiger partial charge in [-0.3, -0.25) is 10.1 Å². The largest absolute Gasteiger partial charge is 0.306 e. The molecule has 0 aliphatic carbocycles. The summed E-state index contributed by atoms with van der Waals surface area (Å²) in [7, 11) is 0. The van der Waals surface area contributed by atoms with E-state index in [9.17, 15) is 10.1 Å². The van der Waals surface area contributed by atoms with Crippen LogP contribution in [0.2, 0.25) is 0 Å². The van der Waals surface area contributed by atoms with Crippen LogP contribution in [0, 0.1) is 22.5 Å². The number of hydrogen-bond acceptors (Lipinski definition) is 3. The van der Waals surface area contributed by atoms with Crippen molar-refractivity contribution in [3.05, 3.63) is 39.9 Å². The first-order valence-corrected chi connectivity index (χ1v) is 7.06. The predicted molar refractivity (Wildman–Crippen MR) is 81.4 cm³/mol. The van der Waals surface area contributed by atoms with Crippen molar-refractivity contribution < 1.29 is 4.92 Å². The van der Waals surface area contributed by atoms with Gasteiger partial charge in [0.15, 0.2) is 0 Å². The maximum absolute atomic E-state index is 10.9. The molecular weight excluding hydrogens is 252 g/mol. The number of nitro benzene ring substituents is 1. The Hall–Kier alpha value is -1.86. The third kappa shape index (κ3) is 4.67. The van der Waals surface area contributed by atoms with Gasteiger partial charge in [-0.2, -0.15) is 0 Å². The Kier molecular flexibility index (Phi) is 6.75. The molecule has 0 saturated heterocycles. The molecule has 0 aliphatic rings. The van der Waals surface area contributed by atoms with Crippen LogP contribution in [0.3, 0.4) is 0 Å². The number of non-ortho nitro benzene ring substituents is 1. The lowest BCUT2D eigenvalue weighted by Gasteiger charge is -2.24. The summed E-state index contributed by atoms with van der Waals surface area (Å²) in [6.45, 7) is 4.19. The van der Waals surface area contributed by atoms with Gasteiger partial charge in [0.1, 0.15) is 0 Å². The van der Waals surface area contributed by atoms with E-state index in [1.54, 1.807) is 12.1 Å². The van der Waals surface area contributed by atoms with Crippen LogP contribution in [0.5, 0.6) is 0 Å². The fourth-order valence-corrected chi connectivity index (χ4v) is 2.24. The van der Waals surface area contributed by atoms with Crippen LogP contribution in [-0.4, -0.2) is 11.0 Å². The number of nitro groups is 1. The van der Waals surface area contributed by atoms with E-state index in [4.69, 9.17) is 6.42 Å². The van der Waals surface area contributed by atoms with Crippen LogP contribution in [-0.2, 0) is 0 Å². The Balaban J connectivity index is 2.92. The second-order valence-corrected chi connectivity index (χ2v) is 4.87. The van der Waals surface area contributed by atoms with Crippen molar-refractivity contribution in [2.45, 2.75) is 51.6 Å². The number of rotatable bonds is 8. The highest BCUT2D eigenvalue weighted by Crippen LogP contribution is 2.24. The molecule has 1 rings (SSSR count). The lowest BCUT2D eigenvalue weighted by molar-refractivity contribution is -0.384. The Morgan fingerprint density at radius 2 is 2.20 bits per heavy atom. The number of hydrogen-bond donors (Lipinski definition) is 1. The van der Waals surface area contributed by atoms with Gasteiger partial charge in [-0.05, 0) is 18.4 Å². The van der Waals surface area contributed by atoms with Crippen LogP contribution >= 0.6 is 0 Å². The molecule has 0 saturated carbocycles. The smallest absolute Gasteiger partial charge is 0.269 e. The number of benzene rings is 1. The highest BCUT2D eigenvalue weighted by molar-refractivity contribution is 5.35. The minimum atomic E-state index is -0.356. The van der Waals surface area contributed by atoms with E-state index in [0.29, 0.717) is 6.42 Å². The highest BCUT2D eigenvalue weighted by atomic mass is 16.6. The molecule has 0 heterocycles. The third-order valence-corrected chi connectivity index (χ3v) is 3.35. The van der Waals surface area contributed by atoms with E-state index in [2.05, 4.69) is 25.1 Å². The maximum Gasteiger partial charge on any atom is 0.269 e. The van der Waals surface area contributed by atoms with Gasteiger partial charge in [-0.15, -0.1) is 12.3 Å². The van der Waals surface area contributed by atoms with Crippen LogP contribution in [0.4, 0.5) is 5.69 Å². The van der Waals surface area contributed by atoms with Crippen molar-refractivity contribution in [3.8, 4) is 12.3 Å². The highest BCUT2D eigenvalue weighted by Gasteiger charge is 2.17. The average Bonchev–Trinajstić information content (AvgIpc) is 2.46. The number of nitrogens with zero attached hydrogens (tertiary/aromatic N) is 1. The molecule has 1 aromatic carbocycles. The molecule has 0 aliphatic heterocycles.